The summed E-state index contributed by atoms with van der Waals surface area (Å²) in [6.45, 7) is 5.34. The van der Waals surface area contributed by atoms with Gasteiger partial charge >= 0.3 is 6.18 Å². The van der Waals surface area contributed by atoms with Crippen LogP contribution in [0, 0.1) is 11.6 Å². The van der Waals surface area contributed by atoms with Crippen molar-refractivity contribution in [2.45, 2.75) is 18.8 Å². The fourth-order valence-corrected chi connectivity index (χ4v) is 9.20. The smallest absolute Gasteiger partial charge is 0.351 e. The molecule has 0 atom stereocenters. The minimum atomic E-state index is -4.45. The zero-order valence-corrected chi connectivity index (χ0v) is 34.4. The standard InChI is InChI=1S/C26H23ClN2OS.C21H18F5N3O/c27-22-11-12-23-21(17-22)18-24(31-23)26(30)29-15-13-28(14-16-29)25(19-7-3-1-4-8-19)20-9-5-2-6-10-20;22-16-7-13(8-17(23)11-16)12-28-3-5-29(6-4-28)20(30)19-10-14-9-15(21(24,25)26)1-2-18(14)27-19/h1-12,17-18,25H,13-16H2;1-2,7-11,27H,3-6,12H2. The summed E-state index contributed by atoms with van der Waals surface area (Å²) >= 11 is 7.65. The van der Waals surface area contributed by atoms with Crippen LogP contribution in [0.2, 0.25) is 5.02 Å². The van der Waals surface area contributed by atoms with Crippen LogP contribution in [0.1, 0.15) is 48.5 Å². The summed E-state index contributed by atoms with van der Waals surface area (Å²) in [7, 11) is 0. The van der Waals surface area contributed by atoms with Crippen LogP contribution in [0.4, 0.5) is 22.0 Å². The molecule has 0 spiro atoms. The van der Waals surface area contributed by atoms with Gasteiger partial charge in [-0.15, -0.1) is 11.3 Å². The Kier molecular flexibility index (Phi) is 12.5. The summed E-state index contributed by atoms with van der Waals surface area (Å²) in [4.78, 5) is 37.6. The first-order valence-electron chi connectivity index (χ1n) is 19.9. The first-order valence-corrected chi connectivity index (χ1v) is 21.1. The number of aromatic amines is 1. The van der Waals surface area contributed by atoms with Crippen molar-refractivity contribution in [1.82, 2.24) is 24.6 Å². The zero-order chi connectivity index (χ0) is 42.7. The van der Waals surface area contributed by atoms with Crippen molar-refractivity contribution >= 4 is 55.7 Å². The highest BCUT2D eigenvalue weighted by atomic mass is 35.5. The van der Waals surface area contributed by atoms with Crippen molar-refractivity contribution in [2.24, 2.45) is 0 Å². The molecule has 9 rings (SSSR count). The van der Waals surface area contributed by atoms with Gasteiger partial charge in [-0.3, -0.25) is 19.4 Å². The van der Waals surface area contributed by atoms with Gasteiger partial charge in [-0.2, -0.15) is 13.2 Å². The number of carbonyl (C=O) groups is 2. The molecule has 314 valence electrons. The van der Waals surface area contributed by atoms with Crippen molar-refractivity contribution in [3.63, 3.8) is 0 Å². The fraction of sp³-hybridized carbons (Fsp3) is 0.234. The number of nitrogens with zero attached hydrogens (tertiary/aromatic N) is 4. The van der Waals surface area contributed by atoms with Gasteiger partial charge in [0.15, 0.2) is 0 Å². The van der Waals surface area contributed by atoms with Gasteiger partial charge in [0.05, 0.1) is 16.5 Å². The molecule has 5 aromatic carbocycles. The molecule has 14 heteroatoms. The van der Waals surface area contributed by atoms with Crippen LogP contribution < -0.4 is 0 Å². The number of amides is 2. The number of halogens is 6. The van der Waals surface area contributed by atoms with Crippen molar-refractivity contribution in [3.05, 3.63) is 177 Å². The summed E-state index contributed by atoms with van der Waals surface area (Å²) < 4.78 is 66.4. The molecule has 2 aliphatic heterocycles. The predicted molar refractivity (Wildman–Crippen MR) is 230 cm³/mol. The van der Waals surface area contributed by atoms with Crippen molar-refractivity contribution in [2.75, 3.05) is 52.4 Å². The van der Waals surface area contributed by atoms with Crippen LogP contribution in [0.15, 0.2) is 127 Å². The highest BCUT2D eigenvalue weighted by Crippen LogP contribution is 2.33. The van der Waals surface area contributed by atoms with E-state index in [9.17, 15) is 31.5 Å². The average molecular weight is 870 g/mol. The Bertz CT molecular complexity index is 2580. The van der Waals surface area contributed by atoms with Gasteiger partial charge in [0.1, 0.15) is 17.3 Å². The van der Waals surface area contributed by atoms with Crippen LogP contribution in [0.25, 0.3) is 21.0 Å². The summed E-state index contributed by atoms with van der Waals surface area (Å²) in [5.74, 6) is -1.44. The van der Waals surface area contributed by atoms with Crippen LogP contribution in [-0.4, -0.2) is 88.8 Å². The van der Waals surface area contributed by atoms with Gasteiger partial charge < -0.3 is 14.8 Å². The van der Waals surface area contributed by atoms with E-state index in [1.165, 1.54) is 35.4 Å². The number of aromatic nitrogens is 1. The molecule has 7 nitrogen and oxygen atoms in total. The fourth-order valence-electron chi connectivity index (χ4n) is 8.01. The number of carbonyl (C=O) groups excluding carboxylic acids is 2. The third kappa shape index (κ3) is 9.97. The summed E-state index contributed by atoms with van der Waals surface area (Å²) in [6.07, 6.45) is -4.45. The molecule has 0 saturated carbocycles. The average Bonchev–Trinajstić information content (AvgIpc) is 3.88. The molecule has 2 fully saturated rings. The molecular weight excluding hydrogens is 829 g/mol. The number of benzene rings is 5. The van der Waals surface area contributed by atoms with Crippen LogP contribution in [0.3, 0.4) is 0 Å². The van der Waals surface area contributed by atoms with Crippen LogP contribution in [-0.2, 0) is 12.7 Å². The first kappa shape index (κ1) is 42.1. The molecule has 2 saturated heterocycles. The first-order chi connectivity index (χ1) is 29.4. The van der Waals surface area contributed by atoms with Crippen LogP contribution >= 0.6 is 22.9 Å². The molecule has 2 aromatic heterocycles. The van der Waals surface area contributed by atoms with Gasteiger partial charge in [-0.05, 0) is 82.7 Å². The highest BCUT2D eigenvalue weighted by molar-refractivity contribution is 7.20. The second-order valence-electron chi connectivity index (χ2n) is 15.2. The Morgan fingerprint density at radius 3 is 1.89 bits per heavy atom. The van der Waals surface area contributed by atoms with E-state index in [-0.39, 0.29) is 23.6 Å². The number of thiophene rings is 1. The van der Waals surface area contributed by atoms with Gasteiger partial charge in [-0.25, -0.2) is 8.78 Å². The Hall–Kier alpha value is -5.60. The normalized spacial score (nSPS) is 15.3. The number of hydrogen-bond acceptors (Lipinski definition) is 5. The van der Waals surface area contributed by atoms with Crippen molar-refractivity contribution in [3.8, 4) is 0 Å². The number of fused-ring (bicyclic) bond motifs is 2. The maximum Gasteiger partial charge on any atom is 0.416 e. The van der Waals surface area contributed by atoms with E-state index in [4.69, 9.17) is 11.6 Å². The van der Waals surface area contributed by atoms with Crippen LogP contribution in [0.5, 0.6) is 0 Å². The van der Waals surface area contributed by atoms with Crippen molar-refractivity contribution < 1.29 is 31.5 Å². The topological polar surface area (TPSA) is 62.9 Å². The number of H-pyrrole nitrogens is 1. The number of rotatable bonds is 7. The molecule has 0 radical (unpaired) electrons. The molecule has 4 heterocycles. The maximum atomic E-state index is 13.3. The quantitative estimate of drug-likeness (QED) is 0.162. The number of hydrogen-bond donors (Lipinski definition) is 1. The third-order valence-electron chi connectivity index (χ3n) is 11.1. The Morgan fingerprint density at radius 1 is 0.656 bits per heavy atom. The lowest BCUT2D eigenvalue weighted by Crippen LogP contribution is -2.49. The molecule has 0 unspecified atom stereocenters. The summed E-state index contributed by atoms with van der Waals surface area (Å²) in [6, 6.07) is 37.3. The van der Waals surface area contributed by atoms with E-state index in [1.807, 2.05) is 34.1 Å². The molecule has 0 aliphatic carbocycles. The minimum Gasteiger partial charge on any atom is -0.351 e. The number of alkyl halides is 3. The minimum absolute atomic E-state index is 0.118. The maximum absolute atomic E-state index is 13.3. The molecular formula is C47H41ClF5N5O2S. The third-order valence-corrected chi connectivity index (χ3v) is 12.4. The van der Waals surface area contributed by atoms with Gasteiger partial charge in [0.2, 0.25) is 0 Å². The van der Waals surface area contributed by atoms with E-state index < -0.39 is 23.4 Å². The molecule has 0 bridgehead atoms. The van der Waals surface area contributed by atoms with E-state index in [1.54, 1.807) is 16.2 Å². The molecule has 61 heavy (non-hydrogen) atoms. The van der Waals surface area contributed by atoms with Gasteiger partial charge in [-0.1, -0.05) is 72.3 Å². The number of nitrogens with one attached hydrogen (secondary N) is 1. The highest BCUT2D eigenvalue weighted by Gasteiger charge is 2.32. The summed E-state index contributed by atoms with van der Waals surface area (Å²) in [5.41, 5.74) is 3.01. The predicted octanol–water partition coefficient (Wildman–Crippen LogP) is 10.5. The monoisotopic (exact) mass is 869 g/mol. The van der Waals surface area contributed by atoms with Gasteiger partial charge in [0.25, 0.3) is 11.8 Å². The van der Waals surface area contributed by atoms with E-state index in [0.717, 1.165) is 59.3 Å². The molecule has 7 aromatic rings. The van der Waals surface area contributed by atoms with E-state index >= 15 is 0 Å². The van der Waals surface area contributed by atoms with Gasteiger partial charge in [0, 0.05) is 85.6 Å². The van der Waals surface area contributed by atoms with E-state index in [0.29, 0.717) is 54.2 Å². The second-order valence-corrected chi connectivity index (χ2v) is 16.7. The Balaban J connectivity index is 0.000000169. The van der Waals surface area contributed by atoms with E-state index in [2.05, 4.69) is 70.5 Å². The summed E-state index contributed by atoms with van der Waals surface area (Å²) in [5, 5.41) is 2.05. The largest absolute Gasteiger partial charge is 0.416 e. The molecule has 1 N–H and O–H groups in total. The molecule has 2 amide bonds. The lowest BCUT2D eigenvalue weighted by Gasteiger charge is -2.39. The lowest BCUT2D eigenvalue weighted by atomic mass is 9.96. The SMILES string of the molecule is O=C(c1cc2cc(C(F)(F)F)ccc2[nH]1)N1CCN(Cc2cc(F)cc(F)c2)CC1.O=C(c1cc2cc(Cl)ccc2s1)N1CCN(C(c2ccccc2)c2ccccc2)CC1. The Labute approximate surface area is 358 Å². The molecule has 2 aliphatic rings. The van der Waals surface area contributed by atoms with Crippen molar-refractivity contribution in [1.29, 1.82) is 0 Å². The zero-order valence-electron chi connectivity index (χ0n) is 32.8. The Morgan fingerprint density at radius 2 is 1.26 bits per heavy atom. The second kappa shape index (κ2) is 18.2. The lowest BCUT2D eigenvalue weighted by molar-refractivity contribution is -0.137. The number of piperazine rings is 2.